The van der Waals surface area contributed by atoms with E-state index in [9.17, 15) is 0 Å². The highest BCUT2D eigenvalue weighted by Crippen LogP contribution is 2.19. The molecule has 0 spiro atoms. The Morgan fingerprint density at radius 3 is 2.80 bits per heavy atom. The van der Waals surface area contributed by atoms with Gasteiger partial charge < -0.3 is 20.4 Å². The number of hydrazine groups is 1. The summed E-state index contributed by atoms with van der Waals surface area (Å²) in [5.74, 6) is 7.76. The van der Waals surface area contributed by atoms with E-state index in [-0.39, 0.29) is 6.10 Å². The van der Waals surface area contributed by atoms with Crippen molar-refractivity contribution in [2.24, 2.45) is 5.84 Å². The number of nitrogens with one attached hydrogen (secondary N) is 2. The van der Waals surface area contributed by atoms with Gasteiger partial charge in [-0.15, -0.1) is 0 Å². The van der Waals surface area contributed by atoms with Crippen molar-refractivity contribution >= 4 is 11.6 Å². The zero-order valence-corrected chi connectivity index (χ0v) is 12.4. The van der Waals surface area contributed by atoms with E-state index in [2.05, 4.69) is 32.7 Å². The van der Waals surface area contributed by atoms with Crippen LogP contribution in [0.5, 0.6) is 0 Å². The van der Waals surface area contributed by atoms with E-state index in [1.807, 2.05) is 13.8 Å². The summed E-state index contributed by atoms with van der Waals surface area (Å²) in [5, 5.41) is 3.35. The van der Waals surface area contributed by atoms with Crippen LogP contribution in [0.25, 0.3) is 0 Å². The molecule has 0 radical (unpaired) electrons. The summed E-state index contributed by atoms with van der Waals surface area (Å²) < 4.78 is 5.74. The van der Waals surface area contributed by atoms with Gasteiger partial charge in [-0.3, -0.25) is 0 Å². The lowest BCUT2D eigenvalue weighted by atomic mass is 10.2. The van der Waals surface area contributed by atoms with Crippen molar-refractivity contribution in [1.29, 1.82) is 0 Å². The number of anilines is 2. The van der Waals surface area contributed by atoms with Crippen molar-refractivity contribution in [2.45, 2.75) is 26.4 Å². The number of rotatable bonds is 5. The van der Waals surface area contributed by atoms with Gasteiger partial charge in [0.05, 0.1) is 12.7 Å². The number of nitrogen functional groups attached to an aromatic ring is 1. The second-order valence-electron chi connectivity index (χ2n) is 5.10. The van der Waals surface area contributed by atoms with Crippen LogP contribution in [0.3, 0.4) is 0 Å². The van der Waals surface area contributed by atoms with E-state index >= 15 is 0 Å². The third-order valence-electron chi connectivity index (χ3n) is 3.48. The number of hydrogen-bond donors (Lipinski definition) is 3. The molecule has 2 rings (SSSR count). The van der Waals surface area contributed by atoms with Crippen LogP contribution in [-0.2, 0) is 11.2 Å². The van der Waals surface area contributed by atoms with Crippen LogP contribution >= 0.6 is 0 Å². The summed E-state index contributed by atoms with van der Waals surface area (Å²) in [4.78, 5) is 11.1. The molecule has 1 unspecified atom stereocenters. The van der Waals surface area contributed by atoms with Crippen LogP contribution in [0, 0.1) is 6.92 Å². The maximum Gasteiger partial charge on any atom is 0.148 e. The van der Waals surface area contributed by atoms with E-state index in [0.717, 1.165) is 49.9 Å². The highest BCUT2D eigenvalue weighted by Gasteiger charge is 2.18. The minimum Gasteiger partial charge on any atom is -0.374 e. The van der Waals surface area contributed by atoms with Gasteiger partial charge in [0.2, 0.25) is 0 Å². The lowest BCUT2D eigenvalue weighted by molar-refractivity contribution is -0.0117. The molecule has 0 aliphatic carbocycles. The maximum atomic E-state index is 5.74. The molecule has 1 aromatic rings. The molecule has 1 fully saturated rings. The minimum absolute atomic E-state index is 0.183. The van der Waals surface area contributed by atoms with Gasteiger partial charge in [0.25, 0.3) is 0 Å². The first-order valence-electron chi connectivity index (χ1n) is 7.02. The first-order valence-corrected chi connectivity index (χ1v) is 7.02. The number of aromatic nitrogens is 2. The zero-order valence-electron chi connectivity index (χ0n) is 12.4. The van der Waals surface area contributed by atoms with Gasteiger partial charge >= 0.3 is 0 Å². The van der Waals surface area contributed by atoms with Crippen LogP contribution < -0.4 is 16.6 Å². The summed E-state index contributed by atoms with van der Waals surface area (Å²) in [6.45, 7) is 7.40. The number of morpholine rings is 1. The van der Waals surface area contributed by atoms with Gasteiger partial charge in [-0.05, 0) is 14.0 Å². The maximum absolute atomic E-state index is 5.74. The SMILES string of the molecule is CCc1nc(NN)c(C)c(NCC2CN(C)CCO2)n1. The molecule has 1 aliphatic heterocycles. The summed E-state index contributed by atoms with van der Waals surface area (Å²) in [6.07, 6.45) is 0.953. The first kappa shape index (κ1) is 15.0. The van der Waals surface area contributed by atoms with Gasteiger partial charge in [0, 0.05) is 31.6 Å². The summed E-state index contributed by atoms with van der Waals surface area (Å²) >= 11 is 0. The smallest absolute Gasteiger partial charge is 0.148 e. The Labute approximate surface area is 119 Å². The highest BCUT2D eigenvalue weighted by molar-refractivity contribution is 5.56. The third kappa shape index (κ3) is 3.56. The van der Waals surface area contributed by atoms with Gasteiger partial charge in [-0.1, -0.05) is 6.92 Å². The molecule has 7 nitrogen and oxygen atoms in total. The number of nitrogens with zero attached hydrogens (tertiary/aromatic N) is 3. The normalized spacial score (nSPS) is 19.9. The Bertz CT molecular complexity index is 453. The van der Waals surface area contributed by atoms with Crippen LogP contribution in [0.15, 0.2) is 0 Å². The lowest BCUT2D eigenvalue weighted by Crippen LogP contribution is -2.43. The molecule has 1 saturated heterocycles. The summed E-state index contributed by atoms with van der Waals surface area (Å²) in [7, 11) is 2.11. The lowest BCUT2D eigenvalue weighted by Gasteiger charge is -2.30. The Balaban J connectivity index is 2.04. The quantitative estimate of drug-likeness (QED) is 0.530. The second kappa shape index (κ2) is 6.83. The molecular weight excluding hydrogens is 256 g/mol. The molecule has 1 atom stereocenters. The fraction of sp³-hybridized carbons (Fsp3) is 0.692. The van der Waals surface area contributed by atoms with E-state index in [0.29, 0.717) is 5.82 Å². The third-order valence-corrected chi connectivity index (χ3v) is 3.48. The summed E-state index contributed by atoms with van der Waals surface area (Å²) in [6, 6.07) is 0. The molecule has 4 N–H and O–H groups in total. The molecule has 0 bridgehead atoms. The first-order chi connectivity index (χ1) is 9.63. The zero-order chi connectivity index (χ0) is 14.5. The Kier molecular flexibility index (Phi) is 5.11. The van der Waals surface area contributed by atoms with E-state index in [1.54, 1.807) is 0 Å². The molecule has 2 heterocycles. The predicted molar refractivity (Wildman–Crippen MR) is 79.7 cm³/mol. The van der Waals surface area contributed by atoms with Crippen molar-refractivity contribution in [3.8, 4) is 0 Å². The monoisotopic (exact) mass is 280 g/mol. The highest BCUT2D eigenvalue weighted by atomic mass is 16.5. The molecule has 0 aromatic carbocycles. The Morgan fingerprint density at radius 1 is 1.40 bits per heavy atom. The van der Waals surface area contributed by atoms with Gasteiger partial charge in [0.15, 0.2) is 0 Å². The fourth-order valence-electron chi connectivity index (χ4n) is 2.23. The molecule has 112 valence electrons. The van der Waals surface area contributed by atoms with E-state index in [4.69, 9.17) is 10.6 Å². The molecule has 1 aromatic heterocycles. The number of aryl methyl sites for hydroxylation is 1. The number of likely N-dealkylation sites (N-methyl/N-ethyl adjacent to an activating group) is 1. The van der Waals surface area contributed by atoms with Crippen LogP contribution in [0.1, 0.15) is 18.3 Å². The van der Waals surface area contributed by atoms with Crippen molar-refractivity contribution in [2.75, 3.05) is 44.0 Å². The Hall–Kier alpha value is -1.44. The van der Waals surface area contributed by atoms with Crippen LogP contribution in [-0.4, -0.2) is 54.3 Å². The average Bonchev–Trinajstić information content (AvgIpc) is 2.46. The predicted octanol–water partition coefficient (Wildman–Crippen LogP) is 0.376. The standard InChI is InChI=1S/C13H24N6O/c1-4-11-16-12(9(2)13(17-11)18-14)15-7-10-8-19(3)5-6-20-10/h10H,4-8,14H2,1-3H3,(H2,15,16,17,18). The molecule has 1 aliphatic rings. The number of ether oxygens (including phenoxy) is 1. The van der Waals surface area contributed by atoms with Gasteiger partial charge in [0.1, 0.15) is 17.5 Å². The molecule has 7 heteroatoms. The van der Waals surface area contributed by atoms with E-state index < -0.39 is 0 Å². The van der Waals surface area contributed by atoms with Crippen LogP contribution in [0.4, 0.5) is 11.6 Å². The van der Waals surface area contributed by atoms with Crippen molar-refractivity contribution in [3.63, 3.8) is 0 Å². The Morgan fingerprint density at radius 2 is 2.15 bits per heavy atom. The number of nitrogens with two attached hydrogens (primary N) is 1. The topological polar surface area (TPSA) is 88.3 Å². The minimum atomic E-state index is 0.183. The van der Waals surface area contributed by atoms with Crippen molar-refractivity contribution in [1.82, 2.24) is 14.9 Å². The molecule has 0 amide bonds. The summed E-state index contributed by atoms with van der Waals surface area (Å²) in [5.41, 5.74) is 3.55. The molecule has 0 saturated carbocycles. The molecular formula is C13H24N6O. The van der Waals surface area contributed by atoms with Crippen molar-refractivity contribution < 1.29 is 4.74 Å². The fourth-order valence-corrected chi connectivity index (χ4v) is 2.23. The van der Waals surface area contributed by atoms with Crippen LogP contribution in [0.2, 0.25) is 0 Å². The van der Waals surface area contributed by atoms with E-state index in [1.165, 1.54) is 0 Å². The largest absolute Gasteiger partial charge is 0.374 e. The second-order valence-corrected chi connectivity index (χ2v) is 5.10. The van der Waals surface area contributed by atoms with Crippen molar-refractivity contribution in [3.05, 3.63) is 11.4 Å². The average molecular weight is 280 g/mol. The number of hydrogen-bond acceptors (Lipinski definition) is 7. The van der Waals surface area contributed by atoms with Gasteiger partial charge in [-0.2, -0.15) is 0 Å². The van der Waals surface area contributed by atoms with Gasteiger partial charge in [-0.25, -0.2) is 15.8 Å². The molecule has 20 heavy (non-hydrogen) atoms.